The summed E-state index contributed by atoms with van der Waals surface area (Å²) < 4.78 is 4.79. The fourth-order valence-corrected chi connectivity index (χ4v) is 4.48. The van der Waals surface area contributed by atoms with E-state index in [4.69, 9.17) is 4.98 Å². The molecular formula is C24H25N5O2. The quantitative estimate of drug-likeness (QED) is 0.516. The summed E-state index contributed by atoms with van der Waals surface area (Å²) in [4.78, 5) is 33.5. The minimum atomic E-state index is -0.354. The number of hydrogen-bond donors (Lipinski definition) is 0. The topological polar surface area (TPSA) is 65.1 Å². The van der Waals surface area contributed by atoms with Gasteiger partial charge in [0.05, 0.1) is 6.54 Å². The van der Waals surface area contributed by atoms with Gasteiger partial charge in [0, 0.05) is 25.8 Å². The van der Waals surface area contributed by atoms with Crippen LogP contribution in [0.2, 0.25) is 0 Å². The van der Waals surface area contributed by atoms with Crippen molar-refractivity contribution in [3.8, 4) is 0 Å². The lowest BCUT2D eigenvalue weighted by Gasteiger charge is -2.33. The number of rotatable bonds is 3. The van der Waals surface area contributed by atoms with E-state index in [0.29, 0.717) is 29.6 Å². The smallest absolute Gasteiger partial charge is 0.311 e. The van der Waals surface area contributed by atoms with Gasteiger partial charge < -0.3 is 9.47 Å². The fourth-order valence-electron chi connectivity index (χ4n) is 4.48. The van der Waals surface area contributed by atoms with E-state index in [1.807, 2.05) is 47.0 Å². The minimum absolute atomic E-state index is 0.236. The van der Waals surface area contributed by atoms with Gasteiger partial charge in [0.25, 0.3) is 5.56 Å². The molecule has 4 aromatic rings. The van der Waals surface area contributed by atoms with E-state index in [2.05, 4.69) is 30.9 Å². The summed E-state index contributed by atoms with van der Waals surface area (Å²) in [7, 11) is 1.69. The number of hydrogen-bond acceptors (Lipinski definition) is 4. The van der Waals surface area contributed by atoms with Crippen LogP contribution >= 0.6 is 0 Å². The molecule has 7 nitrogen and oxygen atoms in total. The Kier molecular flexibility index (Phi) is 4.54. The molecule has 7 heteroatoms. The predicted octanol–water partition coefficient (Wildman–Crippen LogP) is 3.04. The van der Waals surface area contributed by atoms with Crippen molar-refractivity contribution in [1.29, 1.82) is 0 Å². The van der Waals surface area contributed by atoms with Gasteiger partial charge in [-0.3, -0.25) is 13.9 Å². The SMILES string of the molecule is Cc1ccccc1N1C[C@@H](C)Cn2c1nc1c2c(=O)n(Cc2ccccc2)c(=O)n1C. The molecule has 0 N–H and O–H groups in total. The Hall–Kier alpha value is -3.61. The zero-order valence-electron chi connectivity index (χ0n) is 17.9. The third kappa shape index (κ3) is 3.08. The summed E-state index contributed by atoms with van der Waals surface area (Å²) in [6.07, 6.45) is 0. The Morgan fingerprint density at radius 1 is 1.00 bits per heavy atom. The number of aromatic nitrogens is 4. The van der Waals surface area contributed by atoms with E-state index < -0.39 is 0 Å². The van der Waals surface area contributed by atoms with E-state index in [1.54, 1.807) is 7.05 Å². The molecule has 1 aliphatic rings. The van der Waals surface area contributed by atoms with Crippen LogP contribution in [0.15, 0.2) is 64.2 Å². The molecule has 5 rings (SSSR count). The molecule has 1 aliphatic heterocycles. The van der Waals surface area contributed by atoms with Crippen LogP contribution in [0.1, 0.15) is 18.1 Å². The summed E-state index contributed by atoms with van der Waals surface area (Å²) in [5.74, 6) is 1.04. The van der Waals surface area contributed by atoms with E-state index in [0.717, 1.165) is 23.4 Å². The first-order chi connectivity index (χ1) is 15.0. The molecule has 31 heavy (non-hydrogen) atoms. The number of imidazole rings is 1. The molecule has 0 fully saturated rings. The number of para-hydroxylation sites is 1. The lowest BCUT2D eigenvalue weighted by Crippen LogP contribution is -2.40. The number of aryl methyl sites for hydroxylation is 2. The predicted molar refractivity (Wildman–Crippen MR) is 122 cm³/mol. The highest BCUT2D eigenvalue weighted by Gasteiger charge is 2.30. The summed E-state index contributed by atoms with van der Waals surface area (Å²) in [6, 6.07) is 17.8. The maximum Gasteiger partial charge on any atom is 0.332 e. The van der Waals surface area contributed by atoms with E-state index in [1.165, 1.54) is 9.13 Å². The van der Waals surface area contributed by atoms with Crippen molar-refractivity contribution >= 4 is 22.8 Å². The number of fused-ring (bicyclic) bond motifs is 3. The van der Waals surface area contributed by atoms with Crippen molar-refractivity contribution < 1.29 is 0 Å². The fraction of sp³-hybridized carbons (Fsp3) is 0.292. The Morgan fingerprint density at radius 2 is 1.71 bits per heavy atom. The molecule has 0 bridgehead atoms. The van der Waals surface area contributed by atoms with Gasteiger partial charge in [0.1, 0.15) is 0 Å². The second kappa shape index (κ2) is 7.27. The van der Waals surface area contributed by atoms with Crippen molar-refractivity contribution in [2.24, 2.45) is 13.0 Å². The second-order valence-electron chi connectivity index (χ2n) is 8.42. The molecule has 0 amide bonds. The van der Waals surface area contributed by atoms with Crippen molar-refractivity contribution in [2.45, 2.75) is 26.9 Å². The second-order valence-corrected chi connectivity index (χ2v) is 8.42. The molecule has 0 aliphatic carbocycles. The molecule has 0 spiro atoms. The lowest BCUT2D eigenvalue weighted by atomic mass is 10.1. The Bertz CT molecular complexity index is 1400. The molecule has 0 saturated heterocycles. The number of benzene rings is 2. The molecule has 0 radical (unpaired) electrons. The molecule has 2 aromatic carbocycles. The van der Waals surface area contributed by atoms with Gasteiger partial charge in [-0.1, -0.05) is 55.5 Å². The molecule has 3 heterocycles. The largest absolute Gasteiger partial charge is 0.332 e. The van der Waals surface area contributed by atoms with Crippen molar-refractivity contribution in [3.05, 3.63) is 86.6 Å². The first kappa shape index (κ1) is 19.4. The number of nitrogens with zero attached hydrogens (tertiary/aromatic N) is 5. The van der Waals surface area contributed by atoms with E-state index >= 15 is 0 Å². The van der Waals surface area contributed by atoms with Gasteiger partial charge >= 0.3 is 5.69 Å². The maximum absolute atomic E-state index is 13.5. The average Bonchev–Trinajstić information content (AvgIpc) is 3.15. The van der Waals surface area contributed by atoms with Gasteiger partial charge in [-0.2, -0.15) is 4.98 Å². The molecular weight excluding hydrogens is 390 g/mol. The minimum Gasteiger partial charge on any atom is -0.311 e. The number of anilines is 2. The summed E-state index contributed by atoms with van der Waals surface area (Å²) >= 11 is 0. The maximum atomic E-state index is 13.5. The van der Waals surface area contributed by atoms with Crippen molar-refractivity contribution in [3.63, 3.8) is 0 Å². The van der Waals surface area contributed by atoms with E-state index in [9.17, 15) is 9.59 Å². The highest BCUT2D eigenvalue weighted by atomic mass is 16.2. The van der Waals surface area contributed by atoms with Crippen LogP contribution in [0.4, 0.5) is 11.6 Å². The van der Waals surface area contributed by atoms with Gasteiger partial charge in [-0.25, -0.2) is 4.79 Å². The average molecular weight is 415 g/mol. The van der Waals surface area contributed by atoms with Crippen molar-refractivity contribution in [2.75, 3.05) is 11.4 Å². The third-order valence-electron chi connectivity index (χ3n) is 6.03. The lowest BCUT2D eigenvalue weighted by molar-refractivity contribution is 0.457. The third-order valence-corrected chi connectivity index (χ3v) is 6.03. The van der Waals surface area contributed by atoms with E-state index in [-0.39, 0.29) is 17.8 Å². The summed E-state index contributed by atoms with van der Waals surface area (Å²) in [5, 5.41) is 0. The van der Waals surface area contributed by atoms with Crippen LogP contribution in [0, 0.1) is 12.8 Å². The Balaban J connectivity index is 1.75. The standard InChI is InChI=1S/C24H25N5O2/c1-16-13-27(19-12-8-7-9-17(19)2)23-25-21-20(28(23)14-16)22(30)29(24(31)26(21)3)15-18-10-5-4-6-11-18/h4-12,16H,13-15H2,1-3H3/t16-/m1/s1. The molecule has 0 saturated carbocycles. The highest BCUT2D eigenvalue weighted by molar-refractivity contribution is 5.77. The van der Waals surface area contributed by atoms with Gasteiger partial charge in [0.2, 0.25) is 5.95 Å². The zero-order chi connectivity index (χ0) is 21.7. The summed E-state index contributed by atoms with van der Waals surface area (Å²) in [6.45, 7) is 5.97. The van der Waals surface area contributed by atoms with Gasteiger partial charge in [-0.15, -0.1) is 0 Å². The first-order valence-electron chi connectivity index (χ1n) is 10.5. The first-order valence-corrected chi connectivity index (χ1v) is 10.5. The Morgan fingerprint density at radius 3 is 2.45 bits per heavy atom. The highest BCUT2D eigenvalue weighted by Crippen LogP contribution is 2.34. The van der Waals surface area contributed by atoms with Gasteiger partial charge in [0.15, 0.2) is 11.2 Å². The normalized spacial score (nSPS) is 16.0. The summed E-state index contributed by atoms with van der Waals surface area (Å²) in [5.41, 5.74) is 3.40. The molecule has 0 unspecified atom stereocenters. The van der Waals surface area contributed by atoms with Crippen LogP contribution in [0.25, 0.3) is 11.2 Å². The van der Waals surface area contributed by atoms with Crippen LogP contribution in [0.5, 0.6) is 0 Å². The molecule has 2 aromatic heterocycles. The van der Waals surface area contributed by atoms with Crippen LogP contribution in [0.3, 0.4) is 0 Å². The Labute approximate surface area is 179 Å². The van der Waals surface area contributed by atoms with Crippen LogP contribution in [-0.2, 0) is 20.1 Å². The monoisotopic (exact) mass is 415 g/mol. The zero-order valence-corrected chi connectivity index (χ0v) is 17.9. The van der Waals surface area contributed by atoms with Gasteiger partial charge in [-0.05, 0) is 30.0 Å². The van der Waals surface area contributed by atoms with Crippen molar-refractivity contribution in [1.82, 2.24) is 18.7 Å². The van der Waals surface area contributed by atoms with Crippen LogP contribution in [-0.4, -0.2) is 25.2 Å². The molecule has 158 valence electrons. The van der Waals surface area contributed by atoms with Crippen LogP contribution < -0.4 is 16.1 Å². The molecule has 1 atom stereocenters.